The molecule has 90 valence electrons. The van der Waals surface area contributed by atoms with Gasteiger partial charge >= 0.3 is 0 Å². The Hall–Kier alpha value is -0.940. The first kappa shape index (κ1) is 11.5. The summed E-state index contributed by atoms with van der Waals surface area (Å²) in [6.45, 7) is 3.63. The van der Waals surface area contributed by atoms with Gasteiger partial charge in [0.05, 0.1) is 0 Å². The molecule has 2 N–H and O–H groups in total. The zero-order valence-electron chi connectivity index (χ0n) is 9.69. The molecule has 0 bridgehead atoms. The third kappa shape index (κ3) is 2.80. The van der Waals surface area contributed by atoms with Gasteiger partial charge in [-0.1, -0.05) is 12.1 Å². The molecule has 5 heteroatoms. The summed E-state index contributed by atoms with van der Waals surface area (Å²) < 4.78 is 10.7. The summed E-state index contributed by atoms with van der Waals surface area (Å²) in [6.07, 6.45) is 3.92. The number of rotatable bonds is 5. The van der Waals surface area contributed by atoms with Crippen LogP contribution >= 0.6 is 0 Å². The zero-order chi connectivity index (χ0) is 11.4. The van der Waals surface area contributed by atoms with E-state index >= 15 is 0 Å². The molecular weight excluding hydrogens is 206 g/mol. The van der Waals surface area contributed by atoms with E-state index in [0.29, 0.717) is 24.2 Å². The number of hydrogen-bond donors (Lipinski definition) is 1. The highest BCUT2D eigenvalue weighted by Crippen LogP contribution is 2.26. The SMILES string of the molecule is CC(CN)CCc1nc(C2CCCO2)no1. The van der Waals surface area contributed by atoms with Crippen LogP contribution in [0.25, 0.3) is 0 Å². The van der Waals surface area contributed by atoms with Gasteiger partial charge in [-0.2, -0.15) is 4.98 Å². The molecule has 1 aromatic rings. The molecule has 5 nitrogen and oxygen atoms in total. The van der Waals surface area contributed by atoms with Crippen molar-refractivity contribution < 1.29 is 9.26 Å². The summed E-state index contributed by atoms with van der Waals surface area (Å²) in [5, 5.41) is 3.96. The molecule has 1 saturated heterocycles. The van der Waals surface area contributed by atoms with Crippen LogP contribution in [0.15, 0.2) is 4.52 Å². The fourth-order valence-corrected chi connectivity index (χ4v) is 1.77. The lowest BCUT2D eigenvalue weighted by molar-refractivity contribution is 0.103. The predicted octanol–water partition coefficient (Wildman–Crippen LogP) is 1.45. The Morgan fingerprint density at radius 1 is 1.56 bits per heavy atom. The van der Waals surface area contributed by atoms with E-state index in [-0.39, 0.29) is 6.10 Å². The Balaban J connectivity index is 1.86. The number of hydrogen-bond acceptors (Lipinski definition) is 5. The van der Waals surface area contributed by atoms with Crippen molar-refractivity contribution in [3.8, 4) is 0 Å². The first-order chi connectivity index (χ1) is 7.79. The van der Waals surface area contributed by atoms with Gasteiger partial charge < -0.3 is 15.0 Å². The molecule has 2 unspecified atom stereocenters. The van der Waals surface area contributed by atoms with Crippen molar-refractivity contribution in [2.75, 3.05) is 13.2 Å². The topological polar surface area (TPSA) is 74.2 Å². The highest BCUT2D eigenvalue weighted by Gasteiger charge is 2.23. The summed E-state index contributed by atoms with van der Waals surface area (Å²) in [7, 11) is 0. The molecular formula is C11H19N3O2. The maximum Gasteiger partial charge on any atom is 0.226 e. The molecule has 0 saturated carbocycles. The van der Waals surface area contributed by atoms with Gasteiger partial charge in [-0.25, -0.2) is 0 Å². The Bertz CT molecular complexity index is 321. The van der Waals surface area contributed by atoms with Crippen LogP contribution in [-0.2, 0) is 11.2 Å². The van der Waals surface area contributed by atoms with Crippen LogP contribution in [0, 0.1) is 5.92 Å². The van der Waals surface area contributed by atoms with Gasteiger partial charge in [0.15, 0.2) is 0 Å². The van der Waals surface area contributed by atoms with E-state index in [1.165, 1.54) is 0 Å². The lowest BCUT2D eigenvalue weighted by Crippen LogP contribution is -2.11. The first-order valence-electron chi connectivity index (χ1n) is 5.93. The average Bonchev–Trinajstić information content (AvgIpc) is 2.95. The molecule has 2 rings (SSSR count). The van der Waals surface area contributed by atoms with Gasteiger partial charge in [-0.3, -0.25) is 0 Å². The van der Waals surface area contributed by atoms with E-state index in [1.54, 1.807) is 0 Å². The molecule has 0 amide bonds. The van der Waals surface area contributed by atoms with Gasteiger partial charge in [0.25, 0.3) is 0 Å². The lowest BCUT2D eigenvalue weighted by Gasteiger charge is -2.04. The smallest absolute Gasteiger partial charge is 0.226 e. The fraction of sp³-hybridized carbons (Fsp3) is 0.818. The van der Waals surface area contributed by atoms with Gasteiger partial charge in [-0.05, 0) is 31.7 Å². The number of nitrogens with zero attached hydrogens (tertiary/aromatic N) is 2. The number of nitrogens with two attached hydrogens (primary N) is 1. The second-order valence-electron chi connectivity index (χ2n) is 4.43. The quantitative estimate of drug-likeness (QED) is 0.821. The standard InChI is InChI=1S/C11H19N3O2/c1-8(7-12)4-5-10-13-11(14-16-10)9-3-2-6-15-9/h8-9H,2-7,12H2,1H3. The predicted molar refractivity (Wildman–Crippen MR) is 58.8 cm³/mol. The third-order valence-corrected chi connectivity index (χ3v) is 2.95. The fourth-order valence-electron chi connectivity index (χ4n) is 1.77. The Labute approximate surface area is 95.3 Å². The van der Waals surface area contributed by atoms with Crippen molar-refractivity contribution in [1.29, 1.82) is 0 Å². The lowest BCUT2D eigenvalue weighted by atomic mass is 10.1. The Kier molecular flexibility index (Phi) is 3.90. The van der Waals surface area contributed by atoms with Gasteiger partial charge in [0.2, 0.25) is 11.7 Å². The van der Waals surface area contributed by atoms with Crippen LogP contribution < -0.4 is 5.73 Å². The molecule has 2 atom stereocenters. The van der Waals surface area contributed by atoms with Crippen molar-refractivity contribution in [3.05, 3.63) is 11.7 Å². The maximum atomic E-state index is 5.55. The molecule has 2 heterocycles. The minimum atomic E-state index is 0.0458. The normalized spacial score (nSPS) is 22.5. The van der Waals surface area contributed by atoms with Crippen LogP contribution in [0.3, 0.4) is 0 Å². The van der Waals surface area contributed by atoms with E-state index < -0.39 is 0 Å². The summed E-state index contributed by atoms with van der Waals surface area (Å²) in [4.78, 5) is 4.35. The van der Waals surface area contributed by atoms with Crippen molar-refractivity contribution in [1.82, 2.24) is 10.1 Å². The second-order valence-corrected chi connectivity index (χ2v) is 4.43. The van der Waals surface area contributed by atoms with E-state index in [0.717, 1.165) is 32.3 Å². The highest BCUT2D eigenvalue weighted by atomic mass is 16.5. The van der Waals surface area contributed by atoms with Crippen LogP contribution in [-0.4, -0.2) is 23.3 Å². The van der Waals surface area contributed by atoms with Crippen LogP contribution in [0.5, 0.6) is 0 Å². The van der Waals surface area contributed by atoms with Crippen LogP contribution in [0.1, 0.15) is 44.0 Å². The molecule has 1 fully saturated rings. The molecule has 0 aliphatic carbocycles. The molecule has 1 aliphatic heterocycles. The molecule has 0 radical (unpaired) electrons. The molecule has 16 heavy (non-hydrogen) atoms. The van der Waals surface area contributed by atoms with Gasteiger partial charge in [0, 0.05) is 13.0 Å². The van der Waals surface area contributed by atoms with Crippen molar-refractivity contribution in [2.24, 2.45) is 11.7 Å². The second kappa shape index (κ2) is 5.41. The van der Waals surface area contributed by atoms with Crippen molar-refractivity contribution >= 4 is 0 Å². The number of aryl methyl sites for hydroxylation is 1. The third-order valence-electron chi connectivity index (χ3n) is 2.95. The summed E-state index contributed by atoms with van der Waals surface area (Å²) >= 11 is 0. The summed E-state index contributed by atoms with van der Waals surface area (Å²) in [6, 6.07) is 0. The highest BCUT2D eigenvalue weighted by molar-refractivity contribution is 4.93. The number of ether oxygens (including phenoxy) is 1. The zero-order valence-corrected chi connectivity index (χ0v) is 9.69. The average molecular weight is 225 g/mol. The summed E-state index contributed by atoms with van der Waals surface area (Å²) in [5.41, 5.74) is 5.55. The van der Waals surface area contributed by atoms with Crippen molar-refractivity contribution in [3.63, 3.8) is 0 Å². The molecule has 1 aliphatic rings. The summed E-state index contributed by atoms with van der Waals surface area (Å²) in [5.74, 6) is 1.90. The van der Waals surface area contributed by atoms with Gasteiger partial charge in [0.1, 0.15) is 6.10 Å². The van der Waals surface area contributed by atoms with Crippen molar-refractivity contribution in [2.45, 2.75) is 38.7 Å². The monoisotopic (exact) mass is 225 g/mol. The van der Waals surface area contributed by atoms with Gasteiger partial charge in [-0.15, -0.1) is 0 Å². The first-order valence-corrected chi connectivity index (χ1v) is 5.93. The van der Waals surface area contributed by atoms with E-state index in [2.05, 4.69) is 17.1 Å². The van der Waals surface area contributed by atoms with Crippen LogP contribution in [0.4, 0.5) is 0 Å². The number of aromatic nitrogens is 2. The minimum absolute atomic E-state index is 0.0458. The van der Waals surface area contributed by atoms with E-state index in [9.17, 15) is 0 Å². The molecule has 1 aromatic heterocycles. The van der Waals surface area contributed by atoms with Crippen LogP contribution in [0.2, 0.25) is 0 Å². The Morgan fingerprint density at radius 3 is 3.12 bits per heavy atom. The van der Waals surface area contributed by atoms with E-state index in [1.807, 2.05) is 0 Å². The largest absolute Gasteiger partial charge is 0.370 e. The Morgan fingerprint density at radius 2 is 2.44 bits per heavy atom. The molecule has 0 aromatic carbocycles. The minimum Gasteiger partial charge on any atom is -0.370 e. The van der Waals surface area contributed by atoms with E-state index in [4.69, 9.17) is 15.0 Å². The molecule has 0 spiro atoms. The maximum absolute atomic E-state index is 5.55.